The molecule has 0 spiro atoms. The standard InChI is InChI=1S/C22H26F2N2O4/c23-15-3-7-19-13(9-15)1-5-21(29-19)17(27)11-26(25)12-18(28)22-6-2-14-10-16(24)4-8-20(14)30-22/h3-4,7-10,17-18,21-22,27-28H,1-2,5-6,11-12,25H2. The highest BCUT2D eigenvalue weighted by atomic mass is 19.1. The summed E-state index contributed by atoms with van der Waals surface area (Å²) in [5.74, 6) is 6.54. The van der Waals surface area contributed by atoms with Crippen LogP contribution in [0.25, 0.3) is 0 Å². The maximum Gasteiger partial charge on any atom is 0.126 e. The van der Waals surface area contributed by atoms with Crippen molar-refractivity contribution in [3.05, 3.63) is 59.2 Å². The van der Waals surface area contributed by atoms with Gasteiger partial charge in [-0.15, -0.1) is 0 Å². The Balaban J connectivity index is 1.28. The highest BCUT2D eigenvalue weighted by molar-refractivity contribution is 5.36. The lowest BCUT2D eigenvalue weighted by atomic mass is 9.98. The van der Waals surface area contributed by atoms with Gasteiger partial charge in [0.05, 0.1) is 0 Å². The SMILES string of the molecule is NN(CC(O)C1CCc2cc(F)ccc2O1)CC(O)C1CCc2cc(F)ccc2O1. The molecule has 0 saturated carbocycles. The van der Waals surface area contributed by atoms with Gasteiger partial charge in [0.2, 0.25) is 0 Å². The minimum Gasteiger partial charge on any atom is -0.487 e. The molecule has 162 valence electrons. The molecule has 2 aromatic rings. The molecule has 0 aliphatic carbocycles. The quantitative estimate of drug-likeness (QED) is 0.489. The number of hydrogen-bond acceptors (Lipinski definition) is 6. The third-order valence-electron chi connectivity index (χ3n) is 5.70. The summed E-state index contributed by atoms with van der Waals surface area (Å²) < 4.78 is 38.2. The van der Waals surface area contributed by atoms with Gasteiger partial charge in [-0.1, -0.05) is 0 Å². The van der Waals surface area contributed by atoms with Crippen LogP contribution in [-0.4, -0.2) is 52.7 Å². The Kier molecular flexibility index (Phi) is 6.19. The van der Waals surface area contributed by atoms with E-state index in [9.17, 15) is 19.0 Å². The molecular weight excluding hydrogens is 394 g/mol. The minimum atomic E-state index is -0.864. The molecular formula is C22H26F2N2O4. The van der Waals surface area contributed by atoms with Crippen molar-refractivity contribution in [3.8, 4) is 11.5 Å². The van der Waals surface area contributed by atoms with E-state index in [1.165, 1.54) is 29.3 Å². The zero-order valence-electron chi connectivity index (χ0n) is 16.5. The van der Waals surface area contributed by atoms with Gasteiger partial charge in [-0.3, -0.25) is 5.84 Å². The van der Waals surface area contributed by atoms with Gasteiger partial charge < -0.3 is 19.7 Å². The van der Waals surface area contributed by atoms with Crippen LogP contribution >= 0.6 is 0 Å². The molecule has 2 aromatic carbocycles. The lowest BCUT2D eigenvalue weighted by Crippen LogP contribution is -2.51. The van der Waals surface area contributed by atoms with Crippen LogP contribution in [0.2, 0.25) is 0 Å². The van der Waals surface area contributed by atoms with E-state index in [0.717, 1.165) is 11.1 Å². The summed E-state index contributed by atoms with van der Waals surface area (Å²) in [6.07, 6.45) is -0.332. The molecule has 0 saturated heterocycles. The van der Waals surface area contributed by atoms with Gasteiger partial charge in [0.15, 0.2) is 0 Å². The van der Waals surface area contributed by atoms with Crippen molar-refractivity contribution in [3.63, 3.8) is 0 Å². The van der Waals surface area contributed by atoms with Crippen molar-refractivity contribution in [2.24, 2.45) is 5.84 Å². The molecule has 6 nitrogen and oxygen atoms in total. The van der Waals surface area contributed by atoms with Gasteiger partial charge >= 0.3 is 0 Å². The monoisotopic (exact) mass is 420 g/mol. The summed E-state index contributed by atoms with van der Waals surface area (Å²) in [6, 6.07) is 8.68. The Morgan fingerprint density at radius 3 is 1.73 bits per heavy atom. The fraction of sp³-hybridized carbons (Fsp3) is 0.455. The van der Waals surface area contributed by atoms with E-state index < -0.39 is 24.4 Å². The zero-order valence-corrected chi connectivity index (χ0v) is 16.5. The number of nitrogens with two attached hydrogens (primary N) is 1. The Bertz CT molecular complexity index is 826. The second-order valence-electron chi connectivity index (χ2n) is 7.98. The van der Waals surface area contributed by atoms with E-state index in [0.29, 0.717) is 37.2 Å². The van der Waals surface area contributed by atoms with Gasteiger partial charge in [-0.05, 0) is 73.2 Å². The van der Waals surface area contributed by atoms with E-state index in [1.807, 2.05) is 0 Å². The predicted octanol–water partition coefficient (Wildman–Crippen LogP) is 1.95. The normalized spacial score (nSPS) is 22.5. The zero-order chi connectivity index (χ0) is 21.3. The highest BCUT2D eigenvalue weighted by Crippen LogP contribution is 2.30. The Hall–Kier alpha value is -2.26. The van der Waals surface area contributed by atoms with Gasteiger partial charge in [0, 0.05) is 13.1 Å². The van der Waals surface area contributed by atoms with Crippen molar-refractivity contribution in [1.82, 2.24) is 5.01 Å². The molecule has 2 aliphatic rings. The second kappa shape index (κ2) is 8.85. The lowest BCUT2D eigenvalue weighted by Gasteiger charge is -2.34. The lowest BCUT2D eigenvalue weighted by molar-refractivity contribution is -0.0278. The van der Waals surface area contributed by atoms with Crippen LogP contribution in [0.5, 0.6) is 11.5 Å². The van der Waals surface area contributed by atoms with Crippen molar-refractivity contribution in [2.45, 2.75) is 50.1 Å². The Morgan fingerprint density at radius 2 is 1.30 bits per heavy atom. The predicted molar refractivity (Wildman–Crippen MR) is 106 cm³/mol. The van der Waals surface area contributed by atoms with Crippen LogP contribution in [-0.2, 0) is 12.8 Å². The average Bonchev–Trinajstić information content (AvgIpc) is 2.72. The number of aliphatic hydroxyl groups is 2. The van der Waals surface area contributed by atoms with Crippen LogP contribution in [0.3, 0.4) is 0 Å². The second-order valence-corrected chi connectivity index (χ2v) is 7.98. The number of ether oxygens (including phenoxy) is 2. The fourth-order valence-electron chi connectivity index (χ4n) is 4.09. The first kappa shape index (κ1) is 21.0. The number of fused-ring (bicyclic) bond motifs is 2. The highest BCUT2D eigenvalue weighted by Gasteiger charge is 2.31. The number of aryl methyl sites for hydroxylation is 2. The topological polar surface area (TPSA) is 88.2 Å². The summed E-state index contributed by atoms with van der Waals surface area (Å²) in [4.78, 5) is 0. The van der Waals surface area contributed by atoms with Crippen LogP contribution in [0.1, 0.15) is 24.0 Å². The largest absolute Gasteiger partial charge is 0.487 e. The van der Waals surface area contributed by atoms with Crippen LogP contribution < -0.4 is 15.3 Å². The van der Waals surface area contributed by atoms with Gasteiger partial charge in [-0.2, -0.15) is 0 Å². The number of nitrogens with zero attached hydrogens (tertiary/aromatic N) is 1. The van der Waals surface area contributed by atoms with E-state index >= 15 is 0 Å². The number of hydrazine groups is 1. The van der Waals surface area contributed by atoms with E-state index in [4.69, 9.17) is 15.3 Å². The smallest absolute Gasteiger partial charge is 0.126 e. The first-order valence-corrected chi connectivity index (χ1v) is 10.1. The molecule has 30 heavy (non-hydrogen) atoms. The summed E-state index contributed by atoms with van der Waals surface area (Å²) in [5, 5.41) is 22.4. The van der Waals surface area contributed by atoms with Crippen molar-refractivity contribution in [1.29, 1.82) is 0 Å². The Labute approximate surface area is 173 Å². The summed E-state index contributed by atoms with van der Waals surface area (Å²) in [5.41, 5.74) is 1.57. The van der Waals surface area contributed by atoms with Crippen LogP contribution in [0.15, 0.2) is 36.4 Å². The van der Waals surface area contributed by atoms with Crippen molar-refractivity contribution >= 4 is 0 Å². The molecule has 4 N–H and O–H groups in total. The minimum absolute atomic E-state index is 0.104. The third kappa shape index (κ3) is 4.73. The van der Waals surface area contributed by atoms with Crippen molar-refractivity contribution in [2.75, 3.05) is 13.1 Å². The molecule has 4 rings (SSSR count). The van der Waals surface area contributed by atoms with E-state index in [-0.39, 0.29) is 24.7 Å². The molecule has 8 heteroatoms. The third-order valence-corrected chi connectivity index (χ3v) is 5.70. The molecule has 0 radical (unpaired) electrons. The van der Waals surface area contributed by atoms with Crippen LogP contribution in [0.4, 0.5) is 8.78 Å². The maximum absolute atomic E-state index is 13.3. The summed E-state index contributed by atoms with van der Waals surface area (Å²) >= 11 is 0. The van der Waals surface area contributed by atoms with E-state index in [2.05, 4.69) is 0 Å². The first-order chi connectivity index (χ1) is 14.4. The van der Waals surface area contributed by atoms with E-state index in [1.54, 1.807) is 12.1 Å². The molecule has 0 aromatic heterocycles. The molecule has 4 unspecified atom stereocenters. The van der Waals surface area contributed by atoms with Crippen molar-refractivity contribution < 1.29 is 28.5 Å². The molecule has 2 heterocycles. The molecule has 0 fully saturated rings. The number of benzene rings is 2. The number of rotatable bonds is 6. The van der Waals surface area contributed by atoms with Gasteiger partial charge in [0.1, 0.15) is 47.5 Å². The number of halogens is 2. The van der Waals surface area contributed by atoms with Crippen LogP contribution in [0, 0.1) is 11.6 Å². The number of hydrogen-bond donors (Lipinski definition) is 3. The summed E-state index contributed by atoms with van der Waals surface area (Å²) in [7, 11) is 0. The molecule has 4 atom stereocenters. The molecule has 2 aliphatic heterocycles. The average molecular weight is 420 g/mol. The van der Waals surface area contributed by atoms with Gasteiger partial charge in [0.25, 0.3) is 0 Å². The number of aliphatic hydroxyl groups excluding tert-OH is 2. The molecule has 0 amide bonds. The van der Waals surface area contributed by atoms with Gasteiger partial charge in [-0.25, -0.2) is 13.8 Å². The first-order valence-electron chi connectivity index (χ1n) is 10.1. The maximum atomic E-state index is 13.3. The fourth-order valence-corrected chi connectivity index (χ4v) is 4.09. The Morgan fingerprint density at radius 1 is 0.867 bits per heavy atom. The summed E-state index contributed by atoms with van der Waals surface area (Å²) in [6.45, 7) is 0.208. The molecule has 0 bridgehead atoms.